The number of carbonyl (C=O) groups excluding carboxylic acids is 2. The van der Waals surface area contributed by atoms with Crippen LogP contribution in [0, 0.1) is 0 Å². The van der Waals surface area contributed by atoms with E-state index in [9.17, 15) is 27.2 Å². The smallest absolute Gasteiger partial charge is 0.358 e. The maximum absolute atomic E-state index is 13.4. The minimum atomic E-state index is -4.48. The number of amides is 2. The molecule has 1 N–H and O–H groups in total. The molecule has 1 aliphatic rings. The van der Waals surface area contributed by atoms with E-state index in [1.54, 1.807) is 29.3 Å². The molecule has 1 fully saturated rings. The molecule has 1 saturated heterocycles. The van der Waals surface area contributed by atoms with Gasteiger partial charge in [-0.2, -0.15) is 23.4 Å². The van der Waals surface area contributed by atoms with Gasteiger partial charge in [0.1, 0.15) is 17.8 Å². The van der Waals surface area contributed by atoms with E-state index in [0.717, 1.165) is 12.1 Å². The number of nitrogens with zero attached hydrogens (tertiary/aromatic N) is 6. The number of pyridine rings is 1. The highest BCUT2D eigenvalue weighted by atomic mass is 19.4. The molecule has 0 atom stereocenters. The Morgan fingerprint density at radius 3 is 2.47 bits per heavy atom. The Hall–Kier alpha value is -4.55. The van der Waals surface area contributed by atoms with E-state index >= 15 is 0 Å². The number of hydrogen-bond acceptors (Lipinski definition) is 5. The van der Waals surface area contributed by atoms with Crippen LogP contribution in [0.3, 0.4) is 0 Å². The molecule has 4 aromatic rings. The van der Waals surface area contributed by atoms with E-state index in [4.69, 9.17) is 5.10 Å². The fourth-order valence-electron chi connectivity index (χ4n) is 4.34. The summed E-state index contributed by atoms with van der Waals surface area (Å²) in [6.07, 6.45) is 0.332. The van der Waals surface area contributed by atoms with E-state index < -0.39 is 23.5 Å². The minimum Gasteiger partial charge on any atom is -0.358 e. The molecule has 1 aliphatic heterocycles. The Bertz CT molecular complexity index is 1550. The van der Waals surface area contributed by atoms with Crippen LogP contribution < -0.4 is 5.32 Å². The van der Waals surface area contributed by atoms with Crippen LogP contribution in [0.5, 0.6) is 0 Å². The molecule has 0 spiro atoms. The predicted octanol–water partition coefficient (Wildman–Crippen LogP) is 3.59. The summed E-state index contributed by atoms with van der Waals surface area (Å²) in [5.41, 5.74) is 2.31. The summed E-state index contributed by atoms with van der Waals surface area (Å²) < 4.78 is 55.8. The molecular weight excluding hydrogens is 506 g/mol. The third-order valence-corrected chi connectivity index (χ3v) is 6.33. The third-order valence-electron chi connectivity index (χ3n) is 6.33. The van der Waals surface area contributed by atoms with Crippen LogP contribution in [0.15, 0.2) is 61.3 Å². The molecule has 0 aliphatic carbocycles. The zero-order valence-corrected chi connectivity index (χ0v) is 20.0. The molecule has 0 bridgehead atoms. The first kappa shape index (κ1) is 25.1. The lowest BCUT2D eigenvalue weighted by Crippen LogP contribution is -2.51. The van der Waals surface area contributed by atoms with Gasteiger partial charge in [-0.25, -0.2) is 4.39 Å². The number of fused-ring (bicyclic) bond motifs is 1. The van der Waals surface area contributed by atoms with Crippen LogP contribution in [-0.2, 0) is 22.3 Å². The molecule has 9 nitrogen and oxygen atoms in total. The fourth-order valence-corrected chi connectivity index (χ4v) is 4.34. The van der Waals surface area contributed by atoms with E-state index in [0.29, 0.717) is 33.4 Å². The van der Waals surface area contributed by atoms with Gasteiger partial charge in [-0.3, -0.25) is 23.9 Å². The first-order valence-corrected chi connectivity index (χ1v) is 11.5. The van der Waals surface area contributed by atoms with Crippen molar-refractivity contribution in [1.29, 1.82) is 0 Å². The molecular formula is C25H21F4N7O2. The Morgan fingerprint density at radius 2 is 1.84 bits per heavy atom. The number of halogens is 4. The largest absolute Gasteiger partial charge is 0.416 e. The van der Waals surface area contributed by atoms with Crippen molar-refractivity contribution in [2.45, 2.75) is 18.8 Å². The predicted molar refractivity (Wildman–Crippen MR) is 129 cm³/mol. The van der Waals surface area contributed by atoms with Gasteiger partial charge in [0.2, 0.25) is 5.91 Å². The van der Waals surface area contributed by atoms with Gasteiger partial charge in [0, 0.05) is 49.2 Å². The van der Waals surface area contributed by atoms with Gasteiger partial charge in [-0.15, -0.1) is 0 Å². The van der Waals surface area contributed by atoms with E-state index in [1.165, 1.54) is 28.8 Å². The summed E-state index contributed by atoms with van der Waals surface area (Å²) in [4.78, 5) is 29.5. The highest BCUT2D eigenvalue weighted by Crippen LogP contribution is 2.38. The molecule has 38 heavy (non-hydrogen) atoms. The van der Waals surface area contributed by atoms with E-state index in [2.05, 4.69) is 22.0 Å². The van der Waals surface area contributed by atoms with E-state index in [-0.39, 0.29) is 31.6 Å². The van der Waals surface area contributed by atoms with Gasteiger partial charge >= 0.3 is 6.18 Å². The Kier molecular flexibility index (Phi) is 6.21. The lowest BCUT2D eigenvalue weighted by Gasteiger charge is -2.39. The standard InChI is InChI=1S/C25H21F4N7O2/c1-14(26)24(38)34-11-18(12-34)36-23-19(16-9-32-35(10-16)13-20(37)30-2)7-8-31-22(23)21(33-36)15-3-5-17(6-4-15)25(27,28)29/h3-10,18H,1,11-13H2,2H3,(H,30,37). The first-order chi connectivity index (χ1) is 18.1. The molecule has 3 aromatic heterocycles. The Labute approximate surface area is 213 Å². The average Bonchev–Trinajstić information content (AvgIpc) is 3.47. The molecule has 196 valence electrons. The zero-order chi connectivity index (χ0) is 27.2. The summed E-state index contributed by atoms with van der Waals surface area (Å²) >= 11 is 0. The maximum Gasteiger partial charge on any atom is 0.416 e. The van der Waals surface area contributed by atoms with Crippen LogP contribution in [0.25, 0.3) is 33.4 Å². The maximum atomic E-state index is 13.4. The number of hydrogen-bond donors (Lipinski definition) is 1. The third kappa shape index (κ3) is 4.51. The number of benzene rings is 1. The van der Waals surface area contributed by atoms with Crippen molar-refractivity contribution in [2.24, 2.45) is 0 Å². The minimum absolute atomic E-state index is 0.00755. The number of likely N-dealkylation sites (tertiary alicyclic amines) is 1. The second-order valence-corrected chi connectivity index (χ2v) is 8.79. The highest BCUT2D eigenvalue weighted by molar-refractivity contribution is 5.99. The van der Waals surface area contributed by atoms with Crippen LogP contribution in [-0.4, -0.2) is 61.4 Å². The SMILES string of the molecule is C=C(F)C(=O)N1CC(n2nc(-c3ccc(C(F)(F)F)cc3)c3nccc(-c4cnn(CC(=O)NC)c4)c32)C1. The van der Waals surface area contributed by atoms with Crippen molar-refractivity contribution in [3.8, 4) is 22.4 Å². The average molecular weight is 527 g/mol. The Balaban J connectivity index is 1.61. The molecule has 13 heteroatoms. The van der Waals surface area contributed by atoms with Crippen molar-refractivity contribution in [3.05, 3.63) is 66.9 Å². The van der Waals surface area contributed by atoms with Gasteiger partial charge in [0.25, 0.3) is 5.91 Å². The number of carbonyl (C=O) groups is 2. The number of likely N-dealkylation sites (N-methyl/N-ethyl adjacent to an activating group) is 1. The lowest BCUT2D eigenvalue weighted by molar-refractivity contribution is -0.137. The highest BCUT2D eigenvalue weighted by Gasteiger charge is 2.36. The van der Waals surface area contributed by atoms with Crippen molar-refractivity contribution < 1.29 is 27.2 Å². The van der Waals surface area contributed by atoms with E-state index in [1.807, 2.05) is 0 Å². The van der Waals surface area contributed by atoms with Gasteiger partial charge in [0.05, 0.1) is 23.3 Å². The molecule has 4 heterocycles. The van der Waals surface area contributed by atoms with Crippen molar-refractivity contribution >= 4 is 22.8 Å². The number of nitrogens with one attached hydrogen (secondary N) is 1. The summed E-state index contributed by atoms with van der Waals surface area (Å²) in [5.74, 6) is -2.11. The lowest BCUT2D eigenvalue weighted by atomic mass is 10.0. The number of alkyl halides is 3. The van der Waals surface area contributed by atoms with Crippen LogP contribution in [0.2, 0.25) is 0 Å². The van der Waals surface area contributed by atoms with Gasteiger partial charge in [0.15, 0.2) is 5.83 Å². The second-order valence-electron chi connectivity index (χ2n) is 8.79. The van der Waals surface area contributed by atoms with Crippen molar-refractivity contribution in [3.63, 3.8) is 0 Å². The number of rotatable bonds is 6. The zero-order valence-electron chi connectivity index (χ0n) is 20.0. The summed E-state index contributed by atoms with van der Waals surface area (Å²) in [6.45, 7) is 3.38. The molecule has 5 rings (SSSR count). The first-order valence-electron chi connectivity index (χ1n) is 11.5. The molecule has 0 unspecified atom stereocenters. The van der Waals surface area contributed by atoms with Crippen LogP contribution in [0.1, 0.15) is 11.6 Å². The van der Waals surface area contributed by atoms with Gasteiger partial charge in [-0.05, 0) is 18.2 Å². The molecule has 1 aromatic carbocycles. The quantitative estimate of drug-likeness (QED) is 0.305. The molecule has 2 amide bonds. The van der Waals surface area contributed by atoms with Crippen molar-refractivity contribution in [1.82, 2.24) is 34.8 Å². The molecule has 0 radical (unpaired) electrons. The van der Waals surface area contributed by atoms with Gasteiger partial charge < -0.3 is 10.2 Å². The number of aromatic nitrogens is 5. The van der Waals surface area contributed by atoms with Crippen LogP contribution >= 0.6 is 0 Å². The molecule has 0 saturated carbocycles. The summed E-state index contributed by atoms with van der Waals surface area (Å²) in [6, 6.07) is 6.01. The topological polar surface area (TPSA) is 97.9 Å². The summed E-state index contributed by atoms with van der Waals surface area (Å²) in [5, 5.41) is 11.5. The fraction of sp³-hybridized carbons (Fsp3) is 0.240. The second kappa shape index (κ2) is 9.39. The van der Waals surface area contributed by atoms with Crippen LogP contribution in [0.4, 0.5) is 17.6 Å². The van der Waals surface area contributed by atoms with Crippen molar-refractivity contribution in [2.75, 3.05) is 20.1 Å². The van der Waals surface area contributed by atoms with Gasteiger partial charge in [-0.1, -0.05) is 18.7 Å². The monoisotopic (exact) mass is 527 g/mol. The summed E-state index contributed by atoms with van der Waals surface area (Å²) in [7, 11) is 1.52. The normalized spacial score (nSPS) is 14.0. The Morgan fingerprint density at radius 1 is 1.13 bits per heavy atom.